The van der Waals surface area contributed by atoms with Gasteiger partial charge in [-0.2, -0.15) is 0 Å². The molecule has 1 fully saturated rings. The summed E-state index contributed by atoms with van der Waals surface area (Å²) in [7, 11) is 0. The minimum absolute atomic E-state index is 0.0357. The van der Waals surface area contributed by atoms with Gasteiger partial charge < -0.3 is 15.3 Å². The predicted molar refractivity (Wildman–Crippen MR) is 41.8 cm³/mol. The number of urea groups is 1. The molecule has 0 aliphatic carbocycles. The first kappa shape index (κ1) is 8.83. The summed E-state index contributed by atoms with van der Waals surface area (Å²) in [6.07, 6.45) is 0.784. The Labute approximate surface area is 70.4 Å². The molecular weight excluding hydrogens is 160 g/mol. The van der Waals surface area contributed by atoms with Gasteiger partial charge in [-0.25, -0.2) is 4.79 Å². The number of carbonyl (C=O) groups is 2. The van der Waals surface area contributed by atoms with E-state index in [-0.39, 0.29) is 18.6 Å². The van der Waals surface area contributed by atoms with Crippen molar-refractivity contribution in [2.75, 3.05) is 13.1 Å². The zero-order chi connectivity index (χ0) is 9.14. The van der Waals surface area contributed by atoms with Gasteiger partial charge in [0.1, 0.15) is 6.54 Å². The number of aliphatic carboxylic acids is 1. The van der Waals surface area contributed by atoms with Gasteiger partial charge in [0.25, 0.3) is 0 Å². The van der Waals surface area contributed by atoms with Crippen molar-refractivity contribution in [1.29, 1.82) is 0 Å². The third-order valence-electron chi connectivity index (χ3n) is 1.97. The normalized spacial score (nSPS) is 22.6. The molecule has 5 heteroatoms. The third-order valence-corrected chi connectivity index (χ3v) is 1.97. The van der Waals surface area contributed by atoms with Crippen LogP contribution in [0.4, 0.5) is 4.79 Å². The molecule has 1 aliphatic heterocycles. The largest absolute Gasteiger partial charge is 0.480 e. The zero-order valence-electron chi connectivity index (χ0n) is 6.91. The molecule has 5 nitrogen and oxygen atoms in total. The second kappa shape index (κ2) is 3.42. The molecule has 1 atom stereocenters. The molecule has 0 aromatic heterocycles. The van der Waals surface area contributed by atoms with Crippen molar-refractivity contribution in [2.24, 2.45) is 0 Å². The second-order valence-corrected chi connectivity index (χ2v) is 2.77. The second-order valence-electron chi connectivity index (χ2n) is 2.77. The van der Waals surface area contributed by atoms with E-state index in [2.05, 4.69) is 5.32 Å². The summed E-state index contributed by atoms with van der Waals surface area (Å²) in [5.41, 5.74) is 0. The lowest BCUT2D eigenvalue weighted by atomic mass is 10.2. The Balaban J connectivity index is 2.57. The lowest BCUT2D eigenvalue weighted by Gasteiger charge is -2.18. The number of amides is 2. The van der Waals surface area contributed by atoms with Gasteiger partial charge in [-0.1, -0.05) is 6.92 Å². The van der Waals surface area contributed by atoms with E-state index >= 15 is 0 Å². The number of hydrogen-bond donors (Lipinski definition) is 2. The van der Waals surface area contributed by atoms with Gasteiger partial charge in [0, 0.05) is 6.54 Å². The number of carbonyl (C=O) groups excluding carboxylic acids is 1. The molecule has 0 saturated carbocycles. The molecule has 2 N–H and O–H groups in total. The highest BCUT2D eigenvalue weighted by Crippen LogP contribution is 2.09. The summed E-state index contributed by atoms with van der Waals surface area (Å²) in [5, 5.41) is 11.1. The highest BCUT2D eigenvalue weighted by Gasteiger charge is 2.30. The van der Waals surface area contributed by atoms with Gasteiger partial charge in [0.05, 0.1) is 6.04 Å². The lowest BCUT2D eigenvalue weighted by Crippen LogP contribution is -2.37. The quantitative estimate of drug-likeness (QED) is 0.623. The van der Waals surface area contributed by atoms with Crippen molar-refractivity contribution in [1.82, 2.24) is 10.2 Å². The fourth-order valence-corrected chi connectivity index (χ4v) is 1.29. The lowest BCUT2D eigenvalue weighted by molar-refractivity contribution is -0.137. The zero-order valence-corrected chi connectivity index (χ0v) is 6.91. The minimum atomic E-state index is -0.967. The number of rotatable bonds is 3. The van der Waals surface area contributed by atoms with Crippen molar-refractivity contribution in [3.8, 4) is 0 Å². The van der Waals surface area contributed by atoms with E-state index < -0.39 is 5.97 Å². The van der Waals surface area contributed by atoms with E-state index in [1.165, 1.54) is 4.90 Å². The SMILES string of the molecule is CCC1CNC(=O)N1CC(=O)O. The molecule has 1 rings (SSSR count). The van der Waals surface area contributed by atoms with Crippen molar-refractivity contribution >= 4 is 12.0 Å². The number of carboxylic acids is 1. The van der Waals surface area contributed by atoms with Crippen LogP contribution >= 0.6 is 0 Å². The molecule has 68 valence electrons. The van der Waals surface area contributed by atoms with Crippen molar-refractivity contribution in [3.05, 3.63) is 0 Å². The molecule has 1 unspecified atom stereocenters. The van der Waals surface area contributed by atoms with Crippen LogP contribution in [0.2, 0.25) is 0 Å². The third kappa shape index (κ3) is 1.66. The summed E-state index contributed by atoms with van der Waals surface area (Å²) in [6.45, 7) is 2.28. The van der Waals surface area contributed by atoms with Crippen LogP contribution < -0.4 is 5.32 Å². The number of carboxylic acid groups (broad SMARTS) is 1. The van der Waals surface area contributed by atoms with Crippen molar-refractivity contribution in [3.63, 3.8) is 0 Å². The Morgan fingerprint density at radius 2 is 2.50 bits per heavy atom. The molecular formula is C7H12N2O3. The molecule has 0 aromatic rings. The van der Waals surface area contributed by atoms with E-state index in [9.17, 15) is 9.59 Å². The van der Waals surface area contributed by atoms with Crippen LogP contribution in [0.5, 0.6) is 0 Å². The van der Waals surface area contributed by atoms with Crippen LogP contribution in [0.15, 0.2) is 0 Å². The van der Waals surface area contributed by atoms with Gasteiger partial charge in [0.15, 0.2) is 0 Å². The van der Waals surface area contributed by atoms with E-state index in [1.54, 1.807) is 0 Å². The fraction of sp³-hybridized carbons (Fsp3) is 0.714. The monoisotopic (exact) mass is 172 g/mol. The fourth-order valence-electron chi connectivity index (χ4n) is 1.29. The van der Waals surface area contributed by atoms with Gasteiger partial charge in [-0.05, 0) is 6.42 Å². The topological polar surface area (TPSA) is 69.6 Å². The molecule has 0 bridgehead atoms. The summed E-state index contributed by atoms with van der Waals surface area (Å²) in [5.74, 6) is -0.967. The molecule has 1 saturated heterocycles. The maximum Gasteiger partial charge on any atom is 0.323 e. The summed E-state index contributed by atoms with van der Waals surface area (Å²) in [4.78, 5) is 22.7. The molecule has 2 amide bonds. The van der Waals surface area contributed by atoms with Gasteiger partial charge >= 0.3 is 12.0 Å². The summed E-state index contributed by atoms with van der Waals surface area (Å²) in [6, 6.07) is -0.238. The van der Waals surface area contributed by atoms with Crippen LogP contribution in [0.25, 0.3) is 0 Å². The molecule has 0 radical (unpaired) electrons. The molecule has 1 heterocycles. The summed E-state index contributed by atoms with van der Waals surface area (Å²) >= 11 is 0. The van der Waals surface area contributed by atoms with Crippen LogP contribution in [-0.4, -0.2) is 41.1 Å². The maximum absolute atomic E-state index is 11.0. The van der Waals surface area contributed by atoms with E-state index in [0.29, 0.717) is 6.54 Å². The van der Waals surface area contributed by atoms with Crippen molar-refractivity contribution < 1.29 is 14.7 Å². The Morgan fingerprint density at radius 1 is 1.83 bits per heavy atom. The Morgan fingerprint density at radius 3 is 3.00 bits per heavy atom. The first-order chi connectivity index (χ1) is 5.65. The van der Waals surface area contributed by atoms with E-state index in [4.69, 9.17) is 5.11 Å². The van der Waals surface area contributed by atoms with Crippen LogP contribution in [0.1, 0.15) is 13.3 Å². The average Bonchev–Trinajstić information content (AvgIpc) is 2.32. The summed E-state index contributed by atoms with van der Waals surface area (Å²) < 4.78 is 0. The molecule has 1 aliphatic rings. The molecule has 0 aromatic carbocycles. The van der Waals surface area contributed by atoms with Crippen molar-refractivity contribution in [2.45, 2.75) is 19.4 Å². The molecule has 12 heavy (non-hydrogen) atoms. The van der Waals surface area contributed by atoms with Crippen LogP contribution in [-0.2, 0) is 4.79 Å². The highest BCUT2D eigenvalue weighted by molar-refractivity contribution is 5.82. The smallest absolute Gasteiger partial charge is 0.323 e. The Kier molecular flexibility index (Phi) is 2.52. The number of nitrogens with one attached hydrogen (secondary N) is 1. The standard InChI is InChI=1S/C7H12N2O3/c1-2-5-3-8-7(12)9(5)4-6(10)11/h5H,2-4H2,1H3,(H,8,12)(H,10,11). The van der Waals surface area contributed by atoms with Gasteiger partial charge in [0.2, 0.25) is 0 Å². The van der Waals surface area contributed by atoms with Crippen LogP contribution in [0, 0.1) is 0 Å². The van der Waals surface area contributed by atoms with Crippen LogP contribution in [0.3, 0.4) is 0 Å². The predicted octanol–water partition coefficient (Wildman–Crippen LogP) is -0.125. The average molecular weight is 172 g/mol. The first-order valence-electron chi connectivity index (χ1n) is 3.91. The first-order valence-corrected chi connectivity index (χ1v) is 3.91. The Bertz CT molecular complexity index is 205. The Hall–Kier alpha value is -1.26. The highest BCUT2D eigenvalue weighted by atomic mass is 16.4. The van der Waals surface area contributed by atoms with Gasteiger partial charge in [-0.15, -0.1) is 0 Å². The van der Waals surface area contributed by atoms with E-state index in [1.807, 2.05) is 6.92 Å². The minimum Gasteiger partial charge on any atom is -0.480 e. The maximum atomic E-state index is 11.0. The number of nitrogens with zero attached hydrogens (tertiary/aromatic N) is 1. The number of hydrogen-bond acceptors (Lipinski definition) is 2. The van der Waals surface area contributed by atoms with Gasteiger partial charge in [-0.3, -0.25) is 4.79 Å². The molecule has 0 spiro atoms. The van der Waals surface area contributed by atoms with E-state index in [0.717, 1.165) is 6.42 Å².